The number of ether oxygens (including phenoxy) is 4. The van der Waals surface area contributed by atoms with Crippen LogP contribution < -0.4 is 15.0 Å². The molecule has 57 heavy (non-hydrogen) atoms. The molecule has 0 radical (unpaired) electrons. The van der Waals surface area contributed by atoms with Gasteiger partial charge >= 0.3 is 11.8 Å². The fourth-order valence-corrected chi connectivity index (χ4v) is 8.47. The highest BCUT2D eigenvalue weighted by Gasteiger charge is 2.50. The molecule has 0 aromatic heterocycles. The van der Waals surface area contributed by atoms with Crippen LogP contribution in [0.3, 0.4) is 0 Å². The van der Waals surface area contributed by atoms with Crippen molar-refractivity contribution in [1.82, 2.24) is 0 Å². The Hall–Kier alpha value is -4.63. The number of esters is 1. The third-order valence-corrected chi connectivity index (χ3v) is 12.0. The first-order valence-corrected chi connectivity index (χ1v) is 19.6. The van der Waals surface area contributed by atoms with Crippen LogP contribution in [0.5, 0.6) is 17.2 Å². The van der Waals surface area contributed by atoms with E-state index in [0.717, 1.165) is 0 Å². The molecule has 4 aliphatic heterocycles. The maximum absolute atomic E-state index is 14.6. The lowest BCUT2D eigenvalue weighted by Crippen LogP contribution is -2.46. The lowest BCUT2D eigenvalue weighted by Gasteiger charge is -2.38. The van der Waals surface area contributed by atoms with Crippen LogP contribution in [0.1, 0.15) is 84.2 Å². The quantitative estimate of drug-likeness (QED) is 0.170. The zero-order valence-electron chi connectivity index (χ0n) is 34.4. The van der Waals surface area contributed by atoms with Gasteiger partial charge in [0.05, 0.1) is 53.4 Å². The van der Waals surface area contributed by atoms with E-state index in [2.05, 4.69) is 5.32 Å². The van der Waals surface area contributed by atoms with Crippen molar-refractivity contribution in [2.24, 2.45) is 23.7 Å². The number of aliphatic hydroxyl groups excluding tert-OH is 3. The van der Waals surface area contributed by atoms with E-state index in [9.17, 15) is 39.9 Å². The van der Waals surface area contributed by atoms with Gasteiger partial charge in [-0.25, -0.2) is 0 Å². The minimum Gasteiger partial charge on any atom is -0.507 e. The van der Waals surface area contributed by atoms with E-state index < -0.39 is 83.4 Å². The number of hydrogen-bond acceptors (Lipinski definition) is 13. The van der Waals surface area contributed by atoms with E-state index in [1.165, 1.54) is 39.4 Å². The van der Waals surface area contributed by atoms with E-state index in [-0.39, 0.29) is 50.7 Å². The van der Waals surface area contributed by atoms with Crippen molar-refractivity contribution in [3.05, 3.63) is 53.3 Å². The lowest BCUT2D eigenvalue weighted by atomic mass is 9.78. The number of rotatable bonds is 4. The summed E-state index contributed by atoms with van der Waals surface area (Å²) < 4.78 is 23.8. The van der Waals surface area contributed by atoms with Crippen LogP contribution in [0, 0.1) is 30.6 Å². The normalized spacial score (nSPS) is 31.9. The molecule has 6 rings (SSSR count). The predicted molar refractivity (Wildman–Crippen MR) is 214 cm³/mol. The summed E-state index contributed by atoms with van der Waals surface area (Å²) in [4.78, 5) is 42.5. The Morgan fingerprint density at radius 1 is 1.02 bits per heavy atom. The highest BCUT2D eigenvalue weighted by Crippen LogP contribution is 2.54. The number of phenols is 2. The van der Waals surface area contributed by atoms with E-state index in [4.69, 9.17) is 18.9 Å². The SMILES string of the molecule is CO[C@H]1C=CO[C@]2(C)Oc3c(C)c(O)c4c(O)c(cc(N5CCC[C@@H]5[C@H](C)O)c4c3C2=O)NC(=O)C(C)=CC=C[C@H](C)[C@H](O)[C@@H](C)[C@@H](O)[C@@H](C)[C@@H](OC(C)=O)[C@H]1C. The number of methoxy groups -OCH3 is 1. The second-order valence-electron chi connectivity index (χ2n) is 16.1. The minimum atomic E-state index is -1.95. The number of nitrogens with zero attached hydrogens (tertiary/aromatic N) is 1. The smallest absolute Gasteiger partial charge is 0.312 e. The van der Waals surface area contributed by atoms with Crippen LogP contribution in [0.25, 0.3) is 10.8 Å². The van der Waals surface area contributed by atoms with Gasteiger partial charge in [-0.1, -0.05) is 45.9 Å². The minimum absolute atomic E-state index is 0.0274. The second-order valence-corrected chi connectivity index (χ2v) is 16.1. The average molecular weight is 795 g/mol. The van der Waals surface area contributed by atoms with Gasteiger partial charge in [0.25, 0.3) is 11.7 Å². The molecule has 4 aliphatic rings. The number of phenolic OH excluding ortho intramolecular Hbond substituents is 2. The summed E-state index contributed by atoms with van der Waals surface area (Å²) in [5.41, 5.74) is 0.807. The first kappa shape index (κ1) is 43.5. The summed E-state index contributed by atoms with van der Waals surface area (Å²) >= 11 is 0. The number of carbonyl (C=O) groups excluding carboxylic acids is 3. The molecule has 0 spiro atoms. The molecule has 1 amide bonds. The van der Waals surface area contributed by atoms with Gasteiger partial charge in [-0.15, -0.1) is 0 Å². The molecule has 4 heterocycles. The van der Waals surface area contributed by atoms with Gasteiger partial charge in [0.15, 0.2) is 5.75 Å². The molecule has 11 atom stereocenters. The van der Waals surface area contributed by atoms with Crippen LogP contribution in [0.2, 0.25) is 0 Å². The first-order chi connectivity index (χ1) is 26.7. The number of benzene rings is 2. The van der Waals surface area contributed by atoms with Gasteiger partial charge < -0.3 is 54.7 Å². The Bertz CT molecular complexity index is 1970. The highest BCUT2D eigenvalue weighted by molar-refractivity contribution is 6.23. The van der Waals surface area contributed by atoms with Crippen LogP contribution in [-0.4, -0.2) is 99.2 Å². The second kappa shape index (κ2) is 17.1. The standard InChI is InChI=1S/C43H58N2O12/c1-20-13-11-14-21(2)42(53)44-28-19-30(45-17-12-15-29(45)26(7)46)32-33(38(28)51)37(50)25(6)40-34(32)41(52)43(9,57-40)55-18-16-31(54-10)22(3)39(56-27(8)47)24(5)36(49)23(4)35(20)48/h11,13-14,16,18-20,22-24,26,29,31,35-36,39,46,48-51H,12,15,17H2,1-10H3,(H,44,53)/t20-,22-,23+,24+,26-,29+,31-,35-,36+,39-,43+/m0/s1. The lowest BCUT2D eigenvalue weighted by molar-refractivity contribution is -0.160. The number of amides is 1. The van der Waals surface area contributed by atoms with Gasteiger partial charge in [0.1, 0.15) is 17.6 Å². The summed E-state index contributed by atoms with van der Waals surface area (Å²) in [6.07, 6.45) is 4.44. The molecule has 0 saturated carbocycles. The largest absolute Gasteiger partial charge is 0.507 e. The molecule has 14 nitrogen and oxygen atoms in total. The summed E-state index contributed by atoms with van der Waals surface area (Å²) in [7, 11) is 1.46. The number of carbonyl (C=O) groups is 3. The number of ketones is 1. The molecule has 1 saturated heterocycles. The van der Waals surface area contributed by atoms with Crippen molar-refractivity contribution in [2.75, 3.05) is 23.9 Å². The molecular formula is C43H58N2O12. The Labute approximate surface area is 333 Å². The molecular weight excluding hydrogens is 736 g/mol. The number of allylic oxidation sites excluding steroid dienone is 2. The predicted octanol–water partition coefficient (Wildman–Crippen LogP) is 5.40. The molecule has 6 N–H and O–H groups in total. The fourth-order valence-electron chi connectivity index (χ4n) is 8.47. The zero-order chi connectivity index (χ0) is 42.3. The Morgan fingerprint density at radius 2 is 1.70 bits per heavy atom. The van der Waals surface area contributed by atoms with Crippen LogP contribution >= 0.6 is 0 Å². The number of aromatic hydroxyl groups is 2. The van der Waals surface area contributed by atoms with Crippen LogP contribution in [-0.2, 0) is 23.8 Å². The van der Waals surface area contributed by atoms with Gasteiger partial charge in [-0.2, -0.15) is 0 Å². The summed E-state index contributed by atoms with van der Waals surface area (Å²) in [5, 5.41) is 60.0. The Morgan fingerprint density at radius 3 is 2.33 bits per heavy atom. The third-order valence-electron chi connectivity index (χ3n) is 12.0. The van der Waals surface area contributed by atoms with Crippen LogP contribution in [0.4, 0.5) is 11.4 Å². The van der Waals surface area contributed by atoms with Crippen molar-refractivity contribution in [3.8, 4) is 17.2 Å². The van der Waals surface area contributed by atoms with Crippen molar-refractivity contribution in [3.63, 3.8) is 0 Å². The summed E-state index contributed by atoms with van der Waals surface area (Å²) in [6.45, 7) is 14.9. The summed E-state index contributed by atoms with van der Waals surface area (Å²) in [6, 6.07) is 1.15. The number of Topliss-reactive ketones (excluding diaryl/α,β-unsaturated/α-hetero) is 1. The monoisotopic (exact) mass is 794 g/mol. The van der Waals surface area contributed by atoms with Gasteiger partial charge in [0.2, 0.25) is 0 Å². The number of hydrogen-bond donors (Lipinski definition) is 6. The van der Waals surface area contributed by atoms with Crippen molar-refractivity contribution >= 4 is 39.8 Å². The maximum Gasteiger partial charge on any atom is 0.312 e. The average Bonchev–Trinajstić information content (AvgIpc) is 3.76. The molecule has 14 heteroatoms. The van der Waals surface area contributed by atoms with Crippen LogP contribution in [0.15, 0.2) is 42.2 Å². The van der Waals surface area contributed by atoms with Gasteiger partial charge in [0, 0.05) is 73.4 Å². The Balaban J connectivity index is 1.72. The van der Waals surface area contributed by atoms with Crippen molar-refractivity contribution in [2.45, 2.75) is 118 Å². The van der Waals surface area contributed by atoms with E-state index >= 15 is 0 Å². The molecule has 0 aliphatic carbocycles. The first-order valence-electron chi connectivity index (χ1n) is 19.6. The molecule has 2 aromatic rings. The topological polar surface area (TPSA) is 205 Å². The Kier molecular flexibility index (Phi) is 13.0. The van der Waals surface area contributed by atoms with E-state index in [0.29, 0.717) is 25.1 Å². The van der Waals surface area contributed by atoms with E-state index in [1.54, 1.807) is 66.7 Å². The molecule has 312 valence electrons. The number of anilines is 2. The summed E-state index contributed by atoms with van der Waals surface area (Å²) in [5.74, 6) is -6.89. The zero-order valence-corrected chi connectivity index (χ0v) is 34.4. The molecule has 1 fully saturated rings. The molecule has 2 aromatic carbocycles. The highest BCUT2D eigenvalue weighted by atomic mass is 16.7. The van der Waals surface area contributed by atoms with Gasteiger partial charge in [-0.3, -0.25) is 14.4 Å². The van der Waals surface area contributed by atoms with Gasteiger partial charge in [-0.05, 0) is 45.8 Å². The number of fused-ring (bicyclic) bond motifs is 14. The number of aliphatic hydroxyl groups is 3. The molecule has 0 unspecified atom stereocenters. The molecule has 5 bridgehead atoms. The van der Waals surface area contributed by atoms with Crippen molar-refractivity contribution < 1.29 is 58.9 Å². The third kappa shape index (κ3) is 8.23. The van der Waals surface area contributed by atoms with E-state index in [1.807, 2.05) is 4.90 Å². The number of nitrogens with one attached hydrogen (secondary N) is 1. The fraction of sp³-hybridized carbons (Fsp3) is 0.558. The van der Waals surface area contributed by atoms with Crippen molar-refractivity contribution in [1.29, 1.82) is 0 Å². The maximum atomic E-state index is 14.6.